The third kappa shape index (κ3) is 3.91. The summed E-state index contributed by atoms with van der Waals surface area (Å²) in [5, 5.41) is 2.99. The average Bonchev–Trinajstić information content (AvgIpc) is 2.74. The number of halogens is 1. The quantitative estimate of drug-likeness (QED) is 0.867. The molecule has 1 aromatic carbocycles. The van der Waals surface area contributed by atoms with Crippen molar-refractivity contribution in [2.45, 2.75) is 31.9 Å². The third-order valence-corrected chi connectivity index (χ3v) is 5.20. The zero-order chi connectivity index (χ0) is 19.5. The first-order chi connectivity index (χ1) is 13.6. The topological polar surface area (TPSA) is 76.6 Å². The number of hydrogen-bond acceptors (Lipinski definition) is 6. The number of rotatable bonds is 4. The molecule has 2 aromatic rings. The van der Waals surface area contributed by atoms with Crippen LogP contribution in [-0.2, 0) is 17.8 Å². The van der Waals surface area contributed by atoms with Crippen molar-refractivity contribution >= 4 is 11.9 Å². The standard InChI is InChI=1S/C20H23FN4O3/c1-27-18-3-2-14(21)10-16(18)19(26)23-15-4-7-25(8-5-15)20-22-11-13-12-28-9-6-17(13)24-20/h2-3,10-11,15H,4-9,12H2,1H3,(H,23,26). The van der Waals surface area contributed by atoms with Gasteiger partial charge in [-0.2, -0.15) is 0 Å². The highest BCUT2D eigenvalue weighted by Gasteiger charge is 2.25. The van der Waals surface area contributed by atoms with Gasteiger partial charge in [0, 0.05) is 37.3 Å². The molecule has 0 atom stereocenters. The Morgan fingerprint density at radius 2 is 2.18 bits per heavy atom. The van der Waals surface area contributed by atoms with Gasteiger partial charge in [-0.3, -0.25) is 4.79 Å². The van der Waals surface area contributed by atoms with Gasteiger partial charge in [0.1, 0.15) is 11.6 Å². The summed E-state index contributed by atoms with van der Waals surface area (Å²) < 4.78 is 24.1. The van der Waals surface area contributed by atoms with E-state index in [2.05, 4.69) is 15.2 Å². The maximum Gasteiger partial charge on any atom is 0.255 e. The number of fused-ring (bicyclic) bond motifs is 1. The minimum absolute atomic E-state index is 0.0164. The Morgan fingerprint density at radius 1 is 1.36 bits per heavy atom. The Morgan fingerprint density at radius 3 is 2.96 bits per heavy atom. The molecule has 4 rings (SSSR count). The molecule has 0 spiro atoms. The molecule has 28 heavy (non-hydrogen) atoms. The molecule has 8 heteroatoms. The van der Waals surface area contributed by atoms with E-state index < -0.39 is 5.82 Å². The number of hydrogen-bond donors (Lipinski definition) is 1. The van der Waals surface area contributed by atoms with E-state index in [1.165, 1.54) is 25.3 Å². The summed E-state index contributed by atoms with van der Waals surface area (Å²) in [4.78, 5) is 23.9. The van der Waals surface area contributed by atoms with Gasteiger partial charge in [-0.1, -0.05) is 0 Å². The van der Waals surface area contributed by atoms with E-state index in [-0.39, 0.29) is 17.5 Å². The number of benzene rings is 1. The van der Waals surface area contributed by atoms with E-state index >= 15 is 0 Å². The van der Waals surface area contributed by atoms with Gasteiger partial charge in [0.05, 0.1) is 31.6 Å². The van der Waals surface area contributed by atoms with Crippen LogP contribution in [0, 0.1) is 5.82 Å². The Kier molecular flexibility index (Phi) is 5.38. The van der Waals surface area contributed by atoms with Crippen molar-refractivity contribution < 1.29 is 18.7 Å². The van der Waals surface area contributed by atoms with Crippen LogP contribution in [0.15, 0.2) is 24.4 Å². The van der Waals surface area contributed by atoms with Crippen LogP contribution in [0.4, 0.5) is 10.3 Å². The maximum absolute atomic E-state index is 13.5. The van der Waals surface area contributed by atoms with Gasteiger partial charge in [-0.15, -0.1) is 0 Å². The number of carbonyl (C=O) groups excluding carboxylic acids is 1. The molecule has 1 amide bonds. The van der Waals surface area contributed by atoms with Gasteiger partial charge >= 0.3 is 0 Å². The van der Waals surface area contributed by atoms with Crippen LogP contribution in [0.2, 0.25) is 0 Å². The zero-order valence-electron chi connectivity index (χ0n) is 15.8. The normalized spacial score (nSPS) is 17.1. The number of methoxy groups -OCH3 is 1. The number of amides is 1. The maximum atomic E-state index is 13.5. The van der Waals surface area contributed by atoms with Crippen molar-refractivity contribution in [1.82, 2.24) is 15.3 Å². The number of nitrogens with one attached hydrogen (secondary N) is 1. The van der Waals surface area contributed by atoms with Crippen LogP contribution in [0.1, 0.15) is 34.5 Å². The number of nitrogens with zero attached hydrogens (tertiary/aromatic N) is 3. The second-order valence-corrected chi connectivity index (χ2v) is 7.02. The number of piperidine rings is 1. The van der Waals surface area contributed by atoms with Crippen LogP contribution < -0.4 is 15.0 Å². The zero-order valence-corrected chi connectivity index (χ0v) is 15.8. The van der Waals surface area contributed by atoms with Crippen LogP contribution in [0.25, 0.3) is 0 Å². The summed E-state index contributed by atoms with van der Waals surface area (Å²) in [5.74, 6) is 0.315. The van der Waals surface area contributed by atoms with Crippen molar-refractivity contribution in [3.63, 3.8) is 0 Å². The van der Waals surface area contributed by atoms with Gasteiger partial charge in [-0.05, 0) is 31.0 Å². The first-order valence-corrected chi connectivity index (χ1v) is 9.46. The van der Waals surface area contributed by atoms with Crippen molar-refractivity contribution in [1.29, 1.82) is 0 Å². The fourth-order valence-electron chi connectivity index (χ4n) is 3.62. The van der Waals surface area contributed by atoms with Crippen molar-refractivity contribution in [3.05, 3.63) is 47.0 Å². The van der Waals surface area contributed by atoms with Gasteiger partial charge < -0.3 is 19.7 Å². The highest BCUT2D eigenvalue weighted by molar-refractivity contribution is 5.97. The summed E-state index contributed by atoms with van der Waals surface area (Å²) in [5.41, 5.74) is 2.33. The molecule has 0 saturated carbocycles. The molecule has 7 nitrogen and oxygen atoms in total. The molecule has 0 unspecified atom stereocenters. The van der Waals surface area contributed by atoms with Crippen LogP contribution >= 0.6 is 0 Å². The lowest BCUT2D eigenvalue weighted by atomic mass is 10.0. The number of carbonyl (C=O) groups is 1. The molecule has 148 valence electrons. The van der Waals surface area contributed by atoms with Gasteiger partial charge in [-0.25, -0.2) is 14.4 Å². The SMILES string of the molecule is COc1ccc(F)cc1C(=O)NC1CCN(c2ncc3c(n2)CCOC3)CC1. The number of aromatic nitrogens is 2. The molecule has 2 aliphatic rings. The van der Waals surface area contributed by atoms with Crippen molar-refractivity contribution in [2.24, 2.45) is 0 Å². The second kappa shape index (κ2) is 8.10. The highest BCUT2D eigenvalue weighted by atomic mass is 19.1. The Bertz CT molecular complexity index is 869. The largest absolute Gasteiger partial charge is 0.496 e. The van der Waals surface area contributed by atoms with E-state index in [0.29, 0.717) is 19.0 Å². The van der Waals surface area contributed by atoms with Gasteiger partial charge in [0.25, 0.3) is 5.91 Å². The smallest absolute Gasteiger partial charge is 0.255 e. The Balaban J connectivity index is 1.37. The molecule has 0 bridgehead atoms. The lowest BCUT2D eigenvalue weighted by molar-refractivity contribution is 0.0927. The van der Waals surface area contributed by atoms with Gasteiger partial charge in [0.2, 0.25) is 5.95 Å². The molecule has 1 fully saturated rings. The minimum atomic E-state index is -0.462. The second-order valence-electron chi connectivity index (χ2n) is 7.02. The molecule has 2 aliphatic heterocycles. The summed E-state index contributed by atoms with van der Waals surface area (Å²) >= 11 is 0. The lowest BCUT2D eigenvalue weighted by Crippen LogP contribution is -2.45. The minimum Gasteiger partial charge on any atom is -0.496 e. The van der Waals surface area contributed by atoms with Crippen molar-refractivity contribution in [2.75, 3.05) is 31.7 Å². The van der Waals surface area contributed by atoms with Crippen LogP contribution in [0.5, 0.6) is 5.75 Å². The first kappa shape index (κ1) is 18.6. The summed E-state index contributed by atoms with van der Waals surface area (Å²) in [6.07, 6.45) is 4.20. The van der Waals surface area contributed by atoms with E-state index in [0.717, 1.165) is 49.6 Å². The fourth-order valence-corrected chi connectivity index (χ4v) is 3.62. The van der Waals surface area contributed by atoms with Crippen molar-refractivity contribution in [3.8, 4) is 5.75 Å². The first-order valence-electron chi connectivity index (χ1n) is 9.46. The fraction of sp³-hybridized carbons (Fsp3) is 0.450. The third-order valence-electron chi connectivity index (χ3n) is 5.20. The summed E-state index contributed by atoms with van der Waals surface area (Å²) in [7, 11) is 1.47. The van der Waals surface area contributed by atoms with E-state index in [1.807, 2.05) is 6.20 Å². The van der Waals surface area contributed by atoms with E-state index in [4.69, 9.17) is 14.5 Å². The molecule has 0 radical (unpaired) electrons. The summed E-state index contributed by atoms with van der Waals surface area (Å²) in [6, 6.07) is 3.96. The number of ether oxygens (including phenoxy) is 2. The van der Waals surface area contributed by atoms with E-state index in [9.17, 15) is 9.18 Å². The van der Waals surface area contributed by atoms with Crippen LogP contribution in [0.3, 0.4) is 0 Å². The predicted molar refractivity (Wildman–Crippen MR) is 101 cm³/mol. The lowest BCUT2D eigenvalue weighted by Gasteiger charge is -2.33. The Labute approximate surface area is 162 Å². The summed E-state index contributed by atoms with van der Waals surface area (Å²) in [6.45, 7) is 2.77. The highest BCUT2D eigenvalue weighted by Crippen LogP contribution is 2.22. The molecular weight excluding hydrogens is 363 g/mol. The van der Waals surface area contributed by atoms with E-state index in [1.54, 1.807) is 0 Å². The molecule has 1 N–H and O–H groups in total. The van der Waals surface area contributed by atoms with Crippen LogP contribution in [-0.4, -0.2) is 48.7 Å². The molecule has 0 aliphatic carbocycles. The molecule has 3 heterocycles. The Hall–Kier alpha value is -2.74. The monoisotopic (exact) mass is 386 g/mol. The molecular formula is C20H23FN4O3. The average molecular weight is 386 g/mol. The number of anilines is 1. The predicted octanol–water partition coefficient (Wildman–Crippen LogP) is 2.10. The molecule has 1 saturated heterocycles. The molecule has 1 aromatic heterocycles. The van der Waals surface area contributed by atoms with Gasteiger partial charge in [0.15, 0.2) is 0 Å².